The van der Waals surface area contributed by atoms with E-state index < -0.39 is 26.0 Å². The average Bonchev–Trinajstić information content (AvgIpc) is 3.13. The third-order valence-electron chi connectivity index (χ3n) is 4.28. The molecule has 0 radical (unpaired) electrons. The molecule has 0 amide bonds. The minimum absolute atomic E-state index is 0.185. The van der Waals surface area contributed by atoms with Crippen LogP contribution in [0.25, 0.3) is 33.4 Å². The Morgan fingerprint density at radius 3 is 2.11 bits per heavy atom. The predicted molar refractivity (Wildman–Crippen MR) is 98.1 cm³/mol. The molecule has 142 valence electrons. The second-order valence-electron chi connectivity index (χ2n) is 6.07. The Hall–Kier alpha value is -3.13. The molecule has 0 aliphatic heterocycles. The van der Waals surface area contributed by atoms with E-state index in [0.717, 1.165) is 10.8 Å². The molecule has 4 rings (SSSR count). The zero-order chi connectivity index (χ0) is 19.9. The van der Waals surface area contributed by atoms with Gasteiger partial charge >= 0.3 is 5.51 Å². The quantitative estimate of drug-likeness (QED) is 0.456. The van der Waals surface area contributed by atoms with Crippen molar-refractivity contribution in [1.29, 1.82) is 0 Å². The van der Waals surface area contributed by atoms with Crippen LogP contribution in [0.15, 0.2) is 82.2 Å². The first kappa shape index (κ1) is 18.2. The number of aromatic nitrogens is 1. The molecule has 0 unspecified atom stereocenters. The summed E-state index contributed by atoms with van der Waals surface area (Å²) in [6.45, 7) is 0. The topological polar surface area (TPSA) is 60.2 Å². The van der Waals surface area contributed by atoms with Crippen LogP contribution in [0.3, 0.4) is 0 Å². The second kappa shape index (κ2) is 6.49. The van der Waals surface area contributed by atoms with Gasteiger partial charge in [0.05, 0.1) is 0 Å². The van der Waals surface area contributed by atoms with Gasteiger partial charge in [-0.05, 0) is 16.8 Å². The fraction of sp³-hybridized carbons (Fsp3) is 0.0500. The molecule has 28 heavy (non-hydrogen) atoms. The molecule has 1 heterocycles. The summed E-state index contributed by atoms with van der Waals surface area (Å²) in [4.78, 5) is -0.985. The van der Waals surface area contributed by atoms with Gasteiger partial charge in [0.15, 0.2) is 10.7 Å². The van der Waals surface area contributed by atoms with Crippen molar-refractivity contribution in [3.8, 4) is 22.6 Å². The highest BCUT2D eigenvalue weighted by Gasteiger charge is 2.51. The zero-order valence-electron chi connectivity index (χ0n) is 14.1. The number of alkyl halides is 3. The molecule has 0 aliphatic rings. The standard InChI is InChI=1S/C20H12F3NO3S/c21-20(22,23)28(25,26)19-17(24-27-18(19)14-7-2-1-3-8-14)16-11-10-13-6-4-5-9-15(13)12-16/h1-12H. The Morgan fingerprint density at radius 1 is 0.786 bits per heavy atom. The lowest BCUT2D eigenvalue weighted by Crippen LogP contribution is -2.24. The zero-order valence-corrected chi connectivity index (χ0v) is 15.0. The highest BCUT2D eigenvalue weighted by atomic mass is 32.2. The average molecular weight is 403 g/mol. The molecule has 8 heteroatoms. The molecule has 0 aliphatic carbocycles. The molecular formula is C20H12F3NO3S. The third-order valence-corrected chi connectivity index (χ3v) is 5.81. The predicted octanol–water partition coefficient (Wildman–Crippen LogP) is 5.46. The maximum absolute atomic E-state index is 13.4. The molecule has 0 fully saturated rings. The van der Waals surface area contributed by atoms with Gasteiger partial charge in [0.2, 0.25) is 0 Å². The van der Waals surface area contributed by atoms with E-state index in [1.54, 1.807) is 42.5 Å². The highest BCUT2D eigenvalue weighted by Crippen LogP contribution is 2.42. The van der Waals surface area contributed by atoms with Crippen molar-refractivity contribution in [3.63, 3.8) is 0 Å². The molecule has 4 nitrogen and oxygen atoms in total. The first-order valence-electron chi connectivity index (χ1n) is 8.14. The van der Waals surface area contributed by atoms with Crippen LogP contribution in [0.4, 0.5) is 13.2 Å². The summed E-state index contributed by atoms with van der Waals surface area (Å²) in [5.41, 5.74) is -5.47. The normalized spacial score (nSPS) is 12.4. The fourth-order valence-corrected chi connectivity index (χ4v) is 3.98. The number of fused-ring (bicyclic) bond motifs is 1. The summed E-state index contributed by atoms with van der Waals surface area (Å²) < 4.78 is 69.9. The van der Waals surface area contributed by atoms with Gasteiger partial charge in [0.1, 0.15) is 5.69 Å². The van der Waals surface area contributed by atoms with Gasteiger partial charge in [0.25, 0.3) is 9.84 Å². The number of benzene rings is 3. The molecule has 0 saturated heterocycles. The molecule has 3 aromatic carbocycles. The van der Waals surface area contributed by atoms with Crippen LogP contribution in [0, 0.1) is 0 Å². The number of hydrogen-bond acceptors (Lipinski definition) is 4. The van der Waals surface area contributed by atoms with Crippen LogP contribution in [0.5, 0.6) is 0 Å². The summed E-state index contributed by atoms with van der Waals surface area (Å²) >= 11 is 0. The maximum Gasteiger partial charge on any atom is 0.502 e. The van der Waals surface area contributed by atoms with Gasteiger partial charge in [-0.3, -0.25) is 0 Å². The molecule has 4 aromatic rings. The largest absolute Gasteiger partial charge is 0.502 e. The monoisotopic (exact) mass is 403 g/mol. The van der Waals surface area contributed by atoms with Gasteiger partial charge in [0, 0.05) is 11.1 Å². The van der Waals surface area contributed by atoms with Crippen LogP contribution in [0.2, 0.25) is 0 Å². The third kappa shape index (κ3) is 2.95. The van der Waals surface area contributed by atoms with E-state index in [1.165, 1.54) is 18.2 Å². The number of nitrogens with zero attached hydrogens (tertiary/aromatic N) is 1. The van der Waals surface area contributed by atoms with Crippen LogP contribution in [0.1, 0.15) is 0 Å². The van der Waals surface area contributed by atoms with E-state index >= 15 is 0 Å². The van der Waals surface area contributed by atoms with Crippen molar-refractivity contribution in [2.45, 2.75) is 10.4 Å². The minimum Gasteiger partial charge on any atom is -0.354 e. The van der Waals surface area contributed by atoms with Crippen LogP contribution in [-0.4, -0.2) is 19.1 Å². The molecule has 0 atom stereocenters. The lowest BCUT2D eigenvalue weighted by Gasteiger charge is -2.10. The summed E-state index contributed by atoms with van der Waals surface area (Å²) in [7, 11) is -5.70. The highest BCUT2D eigenvalue weighted by molar-refractivity contribution is 7.92. The molecule has 0 spiro atoms. The van der Waals surface area contributed by atoms with E-state index in [4.69, 9.17) is 4.52 Å². The van der Waals surface area contributed by atoms with E-state index in [0.29, 0.717) is 0 Å². The van der Waals surface area contributed by atoms with Crippen molar-refractivity contribution < 1.29 is 26.1 Å². The Balaban J connectivity index is 2.01. The van der Waals surface area contributed by atoms with Gasteiger partial charge in [-0.15, -0.1) is 0 Å². The van der Waals surface area contributed by atoms with Crippen molar-refractivity contribution >= 4 is 20.6 Å². The Bertz CT molecular complexity index is 1260. The molecule has 0 saturated carbocycles. The van der Waals surface area contributed by atoms with E-state index in [-0.39, 0.29) is 16.8 Å². The van der Waals surface area contributed by atoms with Crippen LogP contribution >= 0.6 is 0 Å². The summed E-state index contributed by atoms with van der Waals surface area (Å²) in [5, 5.41) is 5.29. The summed E-state index contributed by atoms with van der Waals surface area (Å²) in [6, 6.07) is 19.7. The van der Waals surface area contributed by atoms with Crippen molar-refractivity contribution in [3.05, 3.63) is 72.8 Å². The van der Waals surface area contributed by atoms with E-state index in [2.05, 4.69) is 5.16 Å². The Morgan fingerprint density at radius 2 is 1.43 bits per heavy atom. The first-order valence-corrected chi connectivity index (χ1v) is 9.63. The van der Waals surface area contributed by atoms with Gasteiger partial charge in [-0.25, -0.2) is 8.42 Å². The Kier molecular flexibility index (Phi) is 4.23. The SMILES string of the molecule is O=S(=O)(c1c(-c2ccc3ccccc3c2)noc1-c1ccccc1)C(F)(F)F. The maximum atomic E-state index is 13.4. The molecule has 0 N–H and O–H groups in total. The minimum atomic E-state index is -5.70. The molecule has 0 bridgehead atoms. The van der Waals surface area contributed by atoms with Crippen LogP contribution in [-0.2, 0) is 9.84 Å². The summed E-state index contributed by atoms with van der Waals surface area (Å²) in [5.74, 6) is -0.443. The van der Waals surface area contributed by atoms with Gasteiger partial charge in [-0.2, -0.15) is 13.2 Å². The number of halogens is 3. The fourth-order valence-electron chi connectivity index (χ4n) is 2.94. The van der Waals surface area contributed by atoms with Gasteiger partial charge < -0.3 is 4.52 Å². The molecular weight excluding hydrogens is 391 g/mol. The van der Waals surface area contributed by atoms with Crippen LogP contribution < -0.4 is 0 Å². The van der Waals surface area contributed by atoms with E-state index in [1.807, 2.05) is 12.1 Å². The van der Waals surface area contributed by atoms with E-state index in [9.17, 15) is 21.6 Å². The van der Waals surface area contributed by atoms with Crippen molar-refractivity contribution in [1.82, 2.24) is 5.16 Å². The molecule has 1 aromatic heterocycles. The lowest BCUT2D eigenvalue weighted by molar-refractivity contribution is -0.0435. The van der Waals surface area contributed by atoms with Gasteiger partial charge in [-0.1, -0.05) is 71.9 Å². The van der Waals surface area contributed by atoms with Crippen molar-refractivity contribution in [2.24, 2.45) is 0 Å². The first-order chi connectivity index (χ1) is 13.3. The summed E-state index contributed by atoms with van der Waals surface area (Å²) in [6.07, 6.45) is 0. The number of rotatable bonds is 3. The van der Waals surface area contributed by atoms with Crippen molar-refractivity contribution in [2.75, 3.05) is 0 Å². The lowest BCUT2D eigenvalue weighted by atomic mass is 10.0. The Labute approximate surface area is 158 Å². The smallest absolute Gasteiger partial charge is 0.354 e. The second-order valence-corrected chi connectivity index (χ2v) is 7.94. The number of hydrogen-bond donors (Lipinski definition) is 0. The number of sulfone groups is 1.